The van der Waals surface area contributed by atoms with Gasteiger partial charge in [-0.3, -0.25) is 0 Å². The number of hydrogen-bond acceptors (Lipinski definition) is 3. The van der Waals surface area contributed by atoms with E-state index in [0.717, 1.165) is 12.8 Å². The van der Waals surface area contributed by atoms with Gasteiger partial charge in [0.05, 0.1) is 6.10 Å². The molecule has 3 nitrogen and oxygen atoms in total. The fourth-order valence-electron chi connectivity index (χ4n) is 1.94. The van der Waals surface area contributed by atoms with Crippen LogP contribution in [0.15, 0.2) is 12.7 Å². The molecule has 0 radical (unpaired) electrons. The van der Waals surface area contributed by atoms with Crippen LogP contribution < -0.4 is 0 Å². The van der Waals surface area contributed by atoms with Crippen LogP contribution in [-0.4, -0.2) is 18.4 Å². The van der Waals surface area contributed by atoms with Gasteiger partial charge in [-0.25, -0.2) is 4.79 Å². The number of esters is 1. The molecule has 0 saturated heterocycles. The van der Waals surface area contributed by atoms with E-state index < -0.39 is 12.3 Å². The van der Waals surface area contributed by atoms with Crippen molar-refractivity contribution in [3.05, 3.63) is 12.7 Å². The molecular weight excluding hydrogens is 216 g/mol. The van der Waals surface area contributed by atoms with Crippen LogP contribution in [0.2, 0.25) is 0 Å². The van der Waals surface area contributed by atoms with Crippen molar-refractivity contribution in [2.45, 2.75) is 65.3 Å². The third-order valence-electron chi connectivity index (χ3n) is 2.97. The zero-order valence-corrected chi connectivity index (χ0v) is 11.2. The molecule has 0 N–H and O–H groups in total. The predicted octanol–water partition coefficient (Wildman–Crippen LogP) is 3.44. The van der Waals surface area contributed by atoms with Crippen molar-refractivity contribution in [2.24, 2.45) is 5.41 Å². The molecule has 0 bridgehead atoms. The number of carbonyl (C=O) groups is 1. The normalized spacial score (nSPS) is 19.7. The lowest BCUT2D eigenvalue weighted by Gasteiger charge is -2.34. The molecule has 1 aliphatic rings. The molecule has 0 aliphatic heterocycles. The maximum atomic E-state index is 11.3. The summed E-state index contributed by atoms with van der Waals surface area (Å²) in [6, 6.07) is 0. The maximum Gasteiger partial charge on any atom is 0.332 e. The van der Waals surface area contributed by atoms with Crippen LogP contribution in [-0.2, 0) is 14.3 Å². The van der Waals surface area contributed by atoms with Gasteiger partial charge in [-0.15, -0.1) is 0 Å². The van der Waals surface area contributed by atoms with Gasteiger partial charge in [0.15, 0.2) is 0 Å². The standard InChI is InChI=1S/C14H24O3/c1-5-12(15)17-13(14(2,3)4)16-11-9-7-6-8-10-11/h5,11,13H,1,6-10H2,2-4H3. The lowest BCUT2D eigenvalue weighted by atomic mass is 9.94. The summed E-state index contributed by atoms with van der Waals surface area (Å²) >= 11 is 0. The Morgan fingerprint density at radius 2 is 1.88 bits per heavy atom. The van der Waals surface area contributed by atoms with Crippen LogP contribution in [0.5, 0.6) is 0 Å². The third-order valence-corrected chi connectivity index (χ3v) is 2.97. The van der Waals surface area contributed by atoms with E-state index in [1.165, 1.54) is 25.3 Å². The van der Waals surface area contributed by atoms with E-state index in [0.29, 0.717) is 0 Å². The second-order valence-electron chi connectivity index (χ2n) is 5.74. The van der Waals surface area contributed by atoms with E-state index >= 15 is 0 Å². The second-order valence-corrected chi connectivity index (χ2v) is 5.74. The summed E-state index contributed by atoms with van der Waals surface area (Å²) in [5, 5.41) is 0. The molecule has 3 heteroatoms. The largest absolute Gasteiger partial charge is 0.432 e. The molecule has 1 saturated carbocycles. The SMILES string of the molecule is C=CC(=O)OC(OC1CCCCC1)C(C)(C)C. The third kappa shape index (κ3) is 4.90. The fourth-order valence-corrected chi connectivity index (χ4v) is 1.94. The smallest absolute Gasteiger partial charge is 0.332 e. The van der Waals surface area contributed by atoms with Crippen molar-refractivity contribution in [3.63, 3.8) is 0 Å². The molecule has 1 atom stereocenters. The van der Waals surface area contributed by atoms with Gasteiger partial charge in [0.1, 0.15) is 0 Å². The second kappa shape index (κ2) is 6.20. The molecule has 0 spiro atoms. The monoisotopic (exact) mass is 240 g/mol. The minimum Gasteiger partial charge on any atom is -0.432 e. The number of ether oxygens (including phenoxy) is 2. The molecule has 0 aromatic heterocycles. The van der Waals surface area contributed by atoms with Crippen LogP contribution in [0.3, 0.4) is 0 Å². The molecule has 0 heterocycles. The summed E-state index contributed by atoms with van der Waals surface area (Å²) in [4.78, 5) is 11.3. The van der Waals surface area contributed by atoms with E-state index in [1.807, 2.05) is 20.8 Å². The Labute approximate surface area is 104 Å². The van der Waals surface area contributed by atoms with Gasteiger partial charge >= 0.3 is 5.97 Å². The van der Waals surface area contributed by atoms with Crippen molar-refractivity contribution in [1.29, 1.82) is 0 Å². The predicted molar refractivity (Wildman–Crippen MR) is 67.5 cm³/mol. The van der Waals surface area contributed by atoms with E-state index in [9.17, 15) is 4.79 Å². The first kappa shape index (κ1) is 14.2. The molecule has 0 aromatic rings. The summed E-state index contributed by atoms with van der Waals surface area (Å²) < 4.78 is 11.2. The Kier molecular flexibility index (Phi) is 5.19. The van der Waals surface area contributed by atoms with Gasteiger partial charge in [-0.05, 0) is 12.8 Å². The van der Waals surface area contributed by atoms with Crippen LogP contribution in [0.1, 0.15) is 52.9 Å². The van der Waals surface area contributed by atoms with E-state index in [-0.39, 0.29) is 11.5 Å². The number of rotatable bonds is 4. The molecule has 1 rings (SSSR count). The Bertz CT molecular complexity index is 259. The average Bonchev–Trinajstić information content (AvgIpc) is 2.28. The van der Waals surface area contributed by atoms with Crippen LogP contribution in [0, 0.1) is 5.41 Å². The first-order valence-corrected chi connectivity index (χ1v) is 6.42. The fraction of sp³-hybridized carbons (Fsp3) is 0.786. The van der Waals surface area contributed by atoms with Crippen molar-refractivity contribution in [2.75, 3.05) is 0 Å². The van der Waals surface area contributed by atoms with Gasteiger partial charge in [0, 0.05) is 11.5 Å². The van der Waals surface area contributed by atoms with E-state index in [2.05, 4.69) is 6.58 Å². The molecule has 0 amide bonds. The van der Waals surface area contributed by atoms with Gasteiger partial charge in [0.25, 0.3) is 0 Å². The summed E-state index contributed by atoms with van der Waals surface area (Å²) in [6.45, 7) is 9.44. The molecule has 1 unspecified atom stereocenters. The zero-order chi connectivity index (χ0) is 12.9. The molecule has 17 heavy (non-hydrogen) atoms. The van der Waals surface area contributed by atoms with Gasteiger partial charge < -0.3 is 9.47 Å². The highest BCUT2D eigenvalue weighted by Crippen LogP contribution is 2.29. The van der Waals surface area contributed by atoms with Crippen molar-refractivity contribution in [3.8, 4) is 0 Å². The highest BCUT2D eigenvalue weighted by Gasteiger charge is 2.31. The number of hydrogen-bond donors (Lipinski definition) is 0. The van der Waals surface area contributed by atoms with Crippen molar-refractivity contribution >= 4 is 5.97 Å². The summed E-state index contributed by atoms with van der Waals surface area (Å²) in [7, 11) is 0. The van der Waals surface area contributed by atoms with Crippen molar-refractivity contribution in [1.82, 2.24) is 0 Å². The molecule has 98 valence electrons. The summed E-state index contributed by atoms with van der Waals surface area (Å²) in [6.07, 6.45) is 6.75. The van der Waals surface area contributed by atoms with Crippen LogP contribution in [0.25, 0.3) is 0 Å². The lowest BCUT2D eigenvalue weighted by Crippen LogP contribution is -2.37. The first-order valence-electron chi connectivity index (χ1n) is 6.42. The molecule has 1 fully saturated rings. The number of carbonyl (C=O) groups excluding carboxylic acids is 1. The first-order chi connectivity index (χ1) is 7.93. The Balaban J connectivity index is 2.56. The Morgan fingerprint density at radius 3 is 2.35 bits per heavy atom. The topological polar surface area (TPSA) is 35.5 Å². The molecule has 1 aliphatic carbocycles. The minimum atomic E-state index is -0.490. The summed E-state index contributed by atoms with van der Waals surface area (Å²) in [5.74, 6) is -0.416. The molecular formula is C14H24O3. The average molecular weight is 240 g/mol. The lowest BCUT2D eigenvalue weighted by molar-refractivity contribution is -0.217. The van der Waals surface area contributed by atoms with E-state index in [4.69, 9.17) is 9.47 Å². The van der Waals surface area contributed by atoms with E-state index in [1.54, 1.807) is 0 Å². The quantitative estimate of drug-likeness (QED) is 0.429. The van der Waals surface area contributed by atoms with Gasteiger partial charge in [-0.1, -0.05) is 46.6 Å². The highest BCUT2D eigenvalue weighted by atomic mass is 16.7. The highest BCUT2D eigenvalue weighted by molar-refractivity contribution is 5.81. The van der Waals surface area contributed by atoms with Gasteiger partial charge in [-0.2, -0.15) is 0 Å². The Morgan fingerprint density at radius 1 is 1.29 bits per heavy atom. The van der Waals surface area contributed by atoms with Crippen LogP contribution >= 0.6 is 0 Å². The molecule has 0 aromatic carbocycles. The maximum absolute atomic E-state index is 11.3. The zero-order valence-electron chi connectivity index (χ0n) is 11.2. The minimum absolute atomic E-state index is 0.212. The van der Waals surface area contributed by atoms with Gasteiger partial charge in [0.2, 0.25) is 6.29 Å². The van der Waals surface area contributed by atoms with Crippen LogP contribution in [0.4, 0.5) is 0 Å². The summed E-state index contributed by atoms with van der Waals surface area (Å²) in [5.41, 5.74) is -0.212. The Hall–Kier alpha value is -0.830. The van der Waals surface area contributed by atoms with Crippen molar-refractivity contribution < 1.29 is 14.3 Å².